The summed E-state index contributed by atoms with van der Waals surface area (Å²) in [6.07, 6.45) is 7.18. The van der Waals surface area contributed by atoms with Gasteiger partial charge in [-0.25, -0.2) is 0 Å². The molecular weight excluding hydrogens is 700 g/mol. The zero-order chi connectivity index (χ0) is 40.3. The van der Waals surface area contributed by atoms with Crippen molar-refractivity contribution in [2.45, 2.75) is 40.2 Å². The first-order valence-corrected chi connectivity index (χ1v) is 17.8. The fourth-order valence-corrected chi connectivity index (χ4v) is 5.70. The van der Waals surface area contributed by atoms with Gasteiger partial charge in [0.05, 0.1) is 39.7 Å². The highest BCUT2D eigenvalue weighted by atomic mass is 16.5. The zero-order valence-corrected chi connectivity index (χ0v) is 33.0. The van der Waals surface area contributed by atoms with Crippen molar-refractivity contribution in [3.05, 3.63) is 117 Å². The molecule has 0 unspecified atom stereocenters. The number of fused-ring (bicyclic) bond motifs is 1. The third kappa shape index (κ3) is 11.6. The number of anilines is 1. The second-order valence-electron chi connectivity index (χ2n) is 11.7. The van der Waals surface area contributed by atoms with Gasteiger partial charge in [-0.05, 0) is 78.1 Å². The number of carbonyl (C=O) groups is 1. The van der Waals surface area contributed by atoms with Crippen LogP contribution in [0.2, 0.25) is 0 Å². The number of nitrogens with one attached hydrogen (secondary N) is 1. The molecule has 0 saturated carbocycles. The van der Waals surface area contributed by atoms with Crippen molar-refractivity contribution < 1.29 is 28.2 Å². The molecule has 3 N–H and O–H groups in total. The van der Waals surface area contributed by atoms with Crippen molar-refractivity contribution >= 4 is 35.6 Å². The average Bonchev–Trinajstić information content (AvgIpc) is 3.23. The molecular formula is C42H52N6O7. The van der Waals surface area contributed by atoms with Gasteiger partial charge in [-0.3, -0.25) is 14.5 Å². The Morgan fingerprint density at radius 2 is 1.56 bits per heavy atom. The van der Waals surface area contributed by atoms with Gasteiger partial charge in [0.25, 0.3) is 0 Å². The topological polar surface area (TPSA) is 163 Å². The van der Waals surface area contributed by atoms with Crippen LogP contribution in [-0.2, 0) is 19.4 Å². The second kappa shape index (κ2) is 22.1. The molecule has 13 nitrogen and oxygen atoms in total. The molecule has 13 heteroatoms. The van der Waals surface area contributed by atoms with Gasteiger partial charge in [0.15, 0.2) is 46.3 Å². The number of carbonyl (C=O) groups excluding carboxylic acids is 1. The summed E-state index contributed by atoms with van der Waals surface area (Å²) in [5.74, 6) is 3.24. The molecule has 0 aliphatic carbocycles. The number of benzene rings is 3. The molecule has 0 spiro atoms. The van der Waals surface area contributed by atoms with Gasteiger partial charge >= 0.3 is 0 Å². The Morgan fingerprint density at radius 3 is 2.15 bits per heavy atom. The van der Waals surface area contributed by atoms with Crippen molar-refractivity contribution in [3.63, 3.8) is 0 Å². The van der Waals surface area contributed by atoms with E-state index in [4.69, 9.17) is 29.1 Å². The zero-order valence-electron chi connectivity index (χ0n) is 33.0. The number of rotatable bonds is 14. The maximum atomic E-state index is 11.5. The van der Waals surface area contributed by atoms with Gasteiger partial charge in [-0.2, -0.15) is 0 Å². The highest BCUT2D eigenvalue weighted by molar-refractivity contribution is 6.03. The molecule has 0 amide bonds. The maximum Gasteiger partial charge on any atom is 0.193 e. The van der Waals surface area contributed by atoms with E-state index in [9.17, 15) is 9.59 Å². The van der Waals surface area contributed by atoms with Crippen LogP contribution in [0.1, 0.15) is 64.9 Å². The van der Waals surface area contributed by atoms with E-state index in [-0.39, 0.29) is 17.0 Å². The Hall–Kier alpha value is -6.21. The second-order valence-corrected chi connectivity index (χ2v) is 11.7. The number of ether oxygens (including phenoxy) is 4. The number of amidine groups is 1. The summed E-state index contributed by atoms with van der Waals surface area (Å²) in [5, 5.41) is 15.3. The molecule has 292 valence electrons. The molecule has 1 aliphatic rings. The van der Waals surface area contributed by atoms with Crippen LogP contribution < -0.4 is 35.4 Å². The summed E-state index contributed by atoms with van der Waals surface area (Å²) in [6, 6.07) is 16.9. The average molecular weight is 753 g/mol. The first-order valence-electron chi connectivity index (χ1n) is 17.8. The van der Waals surface area contributed by atoms with Crippen LogP contribution in [0.4, 0.5) is 11.4 Å². The van der Waals surface area contributed by atoms with Crippen LogP contribution in [0.5, 0.6) is 23.0 Å². The fourth-order valence-electron chi connectivity index (χ4n) is 5.70. The molecule has 0 atom stereocenters. The summed E-state index contributed by atoms with van der Waals surface area (Å²) in [6.45, 7) is 12.2. The predicted octanol–water partition coefficient (Wildman–Crippen LogP) is 7.92. The number of aldehydes is 1. The summed E-state index contributed by atoms with van der Waals surface area (Å²) >= 11 is 0. The number of allylic oxidation sites excluding steroid dienone is 1. The Morgan fingerprint density at radius 1 is 0.945 bits per heavy atom. The first kappa shape index (κ1) is 43.2. The Bertz CT molecular complexity index is 2040. The van der Waals surface area contributed by atoms with Crippen LogP contribution >= 0.6 is 0 Å². The Labute approximate surface area is 323 Å². The molecule has 2 heterocycles. The van der Waals surface area contributed by atoms with Crippen molar-refractivity contribution in [3.8, 4) is 23.0 Å². The lowest BCUT2D eigenvalue weighted by atomic mass is 9.98. The largest absolute Gasteiger partial charge is 0.493 e. The van der Waals surface area contributed by atoms with Gasteiger partial charge in [0.1, 0.15) is 5.76 Å². The van der Waals surface area contributed by atoms with Crippen LogP contribution in [0.15, 0.2) is 91.9 Å². The Balaban J connectivity index is 0.000000425. The van der Waals surface area contributed by atoms with Gasteiger partial charge in [-0.1, -0.05) is 44.7 Å². The highest BCUT2D eigenvalue weighted by Crippen LogP contribution is 2.34. The summed E-state index contributed by atoms with van der Waals surface area (Å²) in [5.41, 5.74) is 12.3. The lowest BCUT2D eigenvalue weighted by Crippen LogP contribution is -2.32. The molecule has 4 aromatic rings. The molecule has 0 radical (unpaired) electrons. The summed E-state index contributed by atoms with van der Waals surface area (Å²) < 4.78 is 26.8. The van der Waals surface area contributed by atoms with E-state index in [0.717, 1.165) is 55.7 Å². The minimum Gasteiger partial charge on any atom is -0.493 e. The number of methoxy groups -OCH3 is 4. The lowest BCUT2D eigenvalue weighted by Gasteiger charge is -2.29. The summed E-state index contributed by atoms with van der Waals surface area (Å²) in [4.78, 5) is 24.3. The van der Waals surface area contributed by atoms with E-state index in [1.165, 1.54) is 22.8 Å². The minimum atomic E-state index is -0.244. The number of nitrogens with zero attached hydrogens (tertiary/aromatic N) is 4. The van der Waals surface area contributed by atoms with E-state index in [2.05, 4.69) is 56.5 Å². The minimum absolute atomic E-state index is 0.0122. The molecule has 3 aromatic carbocycles. The van der Waals surface area contributed by atoms with Crippen molar-refractivity contribution in [1.82, 2.24) is 4.90 Å². The van der Waals surface area contributed by atoms with Crippen molar-refractivity contribution in [2.75, 3.05) is 53.9 Å². The third-order valence-corrected chi connectivity index (χ3v) is 8.50. The highest BCUT2D eigenvalue weighted by Gasteiger charge is 2.19. The first-order chi connectivity index (χ1) is 26.7. The van der Waals surface area contributed by atoms with Crippen LogP contribution in [0, 0.1) is 0 Å². The quantitative estimate of drug-likeness (QED) is 0.0425. The summed E-state index contributed by atoms with van der Waals surface area (Å²) in [7, 11) is 8.29. The fraction of sp³-hybridized carbons (Fsp3) is 0.310. The van der Waals surface area contributed by atoms with Gasteiger partial charge in [-0.15, -0.1) is 10.2 Å². The normalized spacial score (nSPS) is 12.5. The molecule has 0 saturated heterocycles. The third-order valence-electron chi connectivity index (χ3n) is 8.50. The molecule has 1 aliphatic heterocycles. The maximum absolute atomic E-state index is 11.5. The number of hydrogen-bond acceptors (Lipinski definition) is 11. The lowest BCUT2D eigenvalue weighted by molar-refractivity contribution is 0.109. The van der Waals surface area contributed by atoms with Crippen molar-refractivity contribution in [1.29, 1.82) is 0 Å². The van der Waals surface area contributed by atoms with Gasteiger partial charge in [0.2, 0.25) is 0 Å². The smallest absolute Gasteiger partial charge is 0.193 e. The Kier molecular flexibility index (Phi) is 17.4. The molecule has 5 rings (SSSR count). The van der Waals surface area contributed by atoms with E-state index < -0.39 is 0 Å². The van der Waals surface area contributed by atoms with Gasteiger partial charge < -0.3 is 34.4 Å². The van der Waals surface area contributed by atoms with E-state index in [0.29, 0.717) is 40.4 Å². The molecule has 0 bridgehead atoms. The molecule has 55 heavy (non-hydrogen) atoms. The van der Waals surface area contributed by atoms with Crippen LogP contribution in [0.25, 0.3) is 12.2 Å². The van der Waals surface area contributed by atoms with Crippen LogP contribution in [-0.4, -0.2) is 65.6 Å². The standard InChI is InChI=1S/C29H36N6O4.C11H10O3.C2H6/c1-31-24-17-28(39-5)27(38-4)16-23(24)29(30)33-34-32-22-8-6-19(7-9-22)10-12-35-13-11-20-14-25(36-2)26(37-3)15-21(20)18-35;1-3-5-9-10(13)6-8(7-12)14-11(9)4-2;1-2/h6-9,14-17,31H,10-13,18H2,1-5H3,(H2,30,32,33);3-7H,2H2,1H3;1-2H3/b;5-3-;. The van der Waals surface area contributed by atoms with Gasteiger partial charge in [0, 0.05) is 50.1 Å². The van der Waals surface area contributed by atoms with Crippen LogP contribution in [0.3, 0.4) is 0 Å². The number of nitrogens with two attached hydrogens (primary N) is 1. The van der Waals surface area contributed by atoms with E-state index in [1.54, 1.807) is 66.7 Å². The SMILES string of the molecule is C=Cc1oc(C=O)cc(=O)c1/C=C\C.CC.CNc1cc(OC)c(OC)cc1/C(N)=N/N=Nc1ccc(CCN2CCc3cc(OC)c(OC)cc3C2)cc1. The van der Waals surface area contributed by atoms with Crippen molar-refractivity contribution in [2.24, 2.45) is 21.2 Å². The molecule has 0 fully saturated rings. The van der Waals surface area contributed by atoms with E-state index >= 15 is 0 Å². The predicted molar refractivity (Wildman–Crippen MR) is 220 cm³/mol. The monoisotopic (exact) mass is 752 g/mol. The number of hydrogen-bond donors (Lipinski definition) is 2. The molecule has 1 aromatic heterocycles. The van der Waals surface area contributed by atoms with E-state index in [1.807, 2.05) is 26.0 Å².